The molecule has 4 rings (SSSR count). The van der Waals surface area contributed by atoms with Gasteiger partial charge < -0.3 is 29.4 Å². The molecule has 41 heavy (non-hydrogen) atoms. The molecule has 0 fully saturated rings. The van der Waals surface area contributed by atoms with Crippen LogP contribution in [0.15, 0.2) is 77.4 Å². The molecule has 0 saturated carbocycles. The van der Waals surface area contributed by atoms with Crippen molar-refractivity contribution in [1.82, 2.24) is 0 Å². The maximum Gasteiger partial charge on any atom is 0.341 e. The highest BCUT2D eigenvalue weighted by Gasteiger charge is 2.64. The third-order valence-electron chi connectivity index (χ3n) is 6.60. The number of fused-ring (bicyclic) bond motifs is 2. The van der Waals surface area contributed by atoms with Crippen molar-refractivity contribution in [2.75, 3.05) is 32.3 Å². The Morgan fingerprint density at radius 1 is 0.878 bits per heavy atom. The molecule has 2 aromatic rings. The average molecular weight is 565 g/mol. The van der Waals surface area contributed by atoms with Crippen LogP contribution in [0.3, 0.4) is 0 Å². The number of carbonyl (C=O) groups is 5. The molecule has 0 saturated heterocycles. The van der Waals surface area contributed by atoms with Crippen molar-refractivity contribution in [3.63, 3.8) is 0 Å². The Morgan fingerprint density at radius 2 is 1.56 bits per heavy atom. The third kappa shape index (κ3) is 5.11. The summed E-state index contributed by atoms with van der Waals surface area (Å²) in [6.07, 6.45) is -0.617. The Balaban J connectivity index is 1.89. The number of ether oxygens (including phenoxy) is 5. The number of carbonyl (C=O) groups excluding carboxylic acids is 5. The lowest BCUT2D eigenvalue weighted by Crippen LogP contribution is -2.51. The number of para-hydroxylation sites is 1. The summed E-state index contributed by atoms with van der Waals surface area (Å²) < 4.78 is 26.0. The summed E-state index contributed by atoms with van der Waals surface area (Å²) in [6.45, 7) is 0.843. The first kappa shape index (κ1) is 28.9. The Morgan fingerprint density at radius 3 is 2.22 bits per heavy atom. The quantitative estimate of drug-likeness (QED) is 0.349. The van der Waals surface area contributed by atoms with E-state index in [-0.39, 0.29) is 30.2 Å². The van der Waals surface area contributed by atoms with E-state index in [1.807, 2.05) is 6.07 Å². The number of amides is 1. The second-order valence-electron chi connectivity index (χ2n) is 8.91. The van der Waals surface area contributed by atoms with E-state index in [2.05, 4.69) is 0 Å². The number of methoxy groups -OCH3 is 2. The molecule has 2 aliphatic rings. The maximum absolute atomic E-state index is 14.6. The standard InChI is InChI=1S/C29H28N2O10/c1-4-39-27(35)24-25(30)41-20(14-21(32)37-2)23(26(34)38-3)29(24)18-12-8-9-13-19(18)31(28(29)36)15-22(33)40-16-17-10-6-5-7-11-17/h5-13H,4,14-16,30H2,1-3H3. The van der Waals surface area contributed by atoms with Crippen LogP contribution >= 0.6 is 0 Å². The summed E-state index contributed by atoms with van der Waals surface area (Å²) in [5.41, 5.74) is 4.02. The molecule has 0 aromatic heterocycles. The van der Waals surface area contributed by atoms with Crippen LogP contribution in [0, 0.1) is 0 Å². The van der Waals surface area contributed by atoms with Gasteiger partial charge in [0.05, 0.1) is 20.8 Å². The molecule has 1 atom stereocenters. The largest absolute Gasteiger partial charge is 0.469 e. The molecule has 2 heterocycles. The number of esters is 4. The van der Waals surface area contributed by atoms with Gasteiger partial charge >= 0.3 is 23.9 Å². The lowest BCUT2D eigenvalue weighted by molar-refractivity contribution is -0.144. The van der Waals surface area contributed by atoms with Gasteiger partial charge in [-0.25, -0.2) is 9.59 Å². The summed E-state index contributed by atoms with van der Waals surface area (Å²) in [6, 6.07) is 15.2. The summed E-state index contributed by atoms with van der Waals surface area (Å²) in [5.74, 6) is -5.50. The number of hydrogen-bond donors (Lipinski definition) is 1. The van der Waals surface area contributed by atoms with Crippen LogP contribution in [0.5, 0.6) is 0 Å². The smallest absolute Gasteiger partial charge is 0.341 e. The zero-order valence-corrected chi connectivity index (χ0v) is 22.6. The highest BCUT2D eigenvalue weighted by molar-refractivity contribution is 6.23. The van der Waals surface area contributed by atoms with E-state index in [9.17, 15) is 24.0 Å². The molecule has 1 amide bonds. The van der Waals surface area contributed by atoms with Gasteiger partial charge in [-0.2, -0.15) is 0 Å². The lowest BCUT2D eigenvalue weighted by atomic mass is 9.67. The number of nitrogens with zero attached hydrogens (tertiary/aromatic N) is 1. The van der Waals surface area contributed by atoms with Crippen LogP contribution in [-0.4, -0.2) is 57.2 Å². The van der Waals surface area contributed by atoms with E-state index in [0.717, 1.165) is 24.7 Å². The van der Waals surface area contributed by atoms with Crippen molar-refractivity contribution in [3.8, 4) is 0 Å². The van der Waals surface area contributed by atoms with Gasteiger partial charge in [-0.05, 0) is 18.6 Å². The van der Waals surface area contributed by atoms with Crippen molar-refractivity contribution in [1.29, 1.82) is 0 Å². The maximum atomic E-state index is 14.6. The van der Waals surface area contributed by atoms with Crippen LogP contribution < -0.4 is 10.6 Å². The van der Waals surface area contributed by atoms with Crippen molar-refractivity contribution >= 4 is 35.5 Å². The second-order valence-corrected chi connectivity index (χ2v) is 8.91. The van der Waals surface area contributed by atoms with Gasteiger partial charge in [0, 0.05) is 11.3 Å². The number of hydrogen-bond acceptors (Lipinski definition) is 11. The molecule has 12 nitrogen and oxygen atoms in total. The fraction of sp³-hybridized carbons (Fsp3) is 0.276. The molecule has 0 bridgehead atoms. The molecular weight excluding hydrogens is 536 g/mol. The van der Waals surface area contributed by atoms with Gasteiger partial charge in [0.1, 0.15) is 41.9 Å². The van der Waals surface area contributed by atoms with Crippen LogP contribution in [-0.2, 0) is 59.7 Å². The molecule has 214 valence electrons. The number of benzene rings is 2. The van der Waals surface area contributed by atoms with Gasteiger partial charge in [0.2, 0.25) is 11.8 Å². The minimum Gasteiger partial charge on any atom is -0.469 e. The molecule has 1 spiro atoms. The zero-order valence-electron chi connectivity index (χ0n) is 22.6. The summed E-state index contributed by atoms with van der Waals surface area (Å²) in [4.78, 5) is 67.7. The van der Waals surface area contributed by atoms with E-state index in [1.165, 1.54) is 12.1 Å². The summed E-state index contributed by atoms with van der Waals surface area (Å²) in [7, 11) is 2.19. The highest BCUT2D eigenvalue weighted by atomic mass is 16.6. The predicted octanol–water partition coefficient (Wildman–Crippen LogP) is 1.77. The predicted molar refractivity (Wildman–Crippen MR) is 141 cm³/mol. The topological polar surface area (TPSA) is 161 Å². The summed E-state index contributed by atoms with van der Waals surface area (Å²) >= 11 is 0. The van der Waals surface area contributed by atoms with Gasteiger partial charge in [-0.1, -0.05) is 48.5 Å². The van der Waals surface area contributed by atoms with Crippen LogP contribution in [0.1, 0.15) is 24.5 Å². The van der Waals surface area contributed by atoms with Gasteiger partial charge in [0.25, 0.3) is 0 Å². The van der Waals surface area contributed by atoms with Crippen LogP contribution in [0.25, 0.3) is 0 Å². The first-order valence-corrected chi connectivity index (χ1v) is 12.6. The second kappa shape index (κ2) is 11.9. The van der Waals surface area contributed by atoms with Crippen LogP contribution in [0.4, 0.5) is 5.69 Å². The molecule has 2 N–H and O–H groups in total. The molecule has 2 aromatic carbocycles. The Kier molecular flexibility index (Phi) is 8.41. The van der Waals surface area contributed by atoms with E-state index in [0.29, 0.717) is 0 Å². The molecule has 12 heteroatoms. The normalized spacial score (nSPS) is 17.6. The Bertz CT molecular complexity index is 1460. The number of anilines is 1. The third-order valence-corrected chi connectivity index (χ3v) is 6.60. The first-order valence-electron chi connectivity index (χ1n) is 12.6. The Hall–Kier alpha value is -5.13. The molecule has 1 unspecified atom stereocenters. The monoisotopic (exact) mass is 564 g/mol. The molecule has 0 radical (unpaired) electrons. The minimum atomic E-state index is -2.28. The van der Waals surface area contributed by atoms with E-state index < -0.39 is 65.2 Å². The summed E-state index contributed by atoms with van der Waals surface area (Å²) in [5, 5.41) is 0. The Labute approximate surface area is 235 Å². The lowest BCUT2D eigenvalue weighted by Gasteiger charge is -2.36. The number of nitrogens with two attached hydrogens (primary N) is 1. The fourth-order valence-electron chi connectivity index (χ4n) is 4.91. The molecule has 2 aliphatic heterocycles. The van der Waals surface area contributed by atoms with E-state index >= 15 is 0 Å². The average Bonchev–Trinajstić information content (AvgIpc) is 3.19. The van der Waals surface area contributed by atoms with Gasteiger partial charge in [0.15, 0.2) is 0 Å². The van der Waals surface area contributed by atoms with Crippen LogP contribution in [0.2, 0.25) is 0 Å². The minimum absolute atomic E-state index is 0.0418. The van der Waals surface area contributed by atoms with Crippen molar-refractivity contribution < 1.29 is 47.7 Å². The zero-order chi connectivity index (χ0) is 29.7. The first-order chi connectivity index (χ1) is 19.7. The molecular formula is C29H28N2O10. The number of rotatable bonds is 9. The van der Waals surface area contributed by atoms with Crippen molar-refractivity contribution in [3.05, 3.63) is 88.5 Å². The van der Waals surface area contributed by atoms with E-state index in [4.69, 9.17) is 29.4 Å². The van der Waals surface area contributed by atoms with Crippen molar-refractivity contribution in [2.24, 2.45) is 5.73 Å². The highest BCUT2D eigenvalue weighted by Crippen LogP contribution is 2.55. The van der Waals surface area contributed by atoms with Gasteiger partial charge in [-0.3, -0.25) is 19.3 Å². The molecule has 0 aliphatic carbocycles. The van der Waals surface area contributed by atoms with Crippen molar-refractivity contribution in [2.45, 2.75) is 25.4 Å². The fourth-order valence-corrected chi connectivity index (χ4v) is 4.91. The SMILES string of the molecule is CCOC(=O)C1=C(N)OC(CC(=O)OC)=C(C(=O)OC)C12C(=O)N(CC(=O)OCc1ccccc1)c1ccccc12. The van der Waals surface area contributed by atoms with Gasteiger partial charge in [-0.15, -0.1) is 0 Å². The van der Waals surface area contributed by atoms with E-state index in [1.54, 1.807) is 43.3 Å².